The third-order valence-corrected chi connectivity index (χ3v) is 6.50. The Hall–Kier alpha value is -3.62. The molecule has 2 heterocycles. The molecular formula is C27H24ClN5. The Kier molecular flexibility index (Phi) is 5.85. The summed E-state index contributed by atoms with van der Waals surface area (Å²) in [6.45, 7) is 4.74. The van der Waals surface area contributed by atoms with Crippen molar-refractivity contribution in [2.45, 2.75) is 19.4 Å². The van der Waals surface area contributed by atoms with Crippen LogP contribution in [-0.2, 0) is 6.42 Å². The van der Waals surface area contributed by atoms with Crippen LogP contribution in [-0.4, -0.2) is 35.9 Å². The lowest BCUT2D eigenvalue weighted by Crippen LogP contribution is -2.52. The van der Waals surface area contributed by atoms with Crippen LogP contribution in [0.4, 0.5) is 11.5 Å². The summed E-state index contributed by atoms with van der Waals surface area (Å²) in [5.74, 6) is 0.885. The van der Waals surface area contributed by atoms with E-state index in [1.54, 1.807) is 0 Å². The fourth-order valence-corrected chi connectivity index (χ4v) is 4.76. The summed E-state index contributed by atoms with van der Waals surface area (Å²) in [4.78, 5) is 4.69. The van der Waals surface area contributed by atoms with Gasteiger partial charge in [-0.05, 0) is 48.9 Å². The molecule has 0 N–H and O–H groups in total. The highest BCUT2D eigenvalue weighted by Crippen LogP contribution is 2.32. The molecular weight excluding hydrogens is 430 g/mol. The van der Waals surface area contributed by atoms with Gasteiger partial charge in [0.1, 0.15) is 0 Å². The van der Waals surface area contributed by atoms with E-state index < -0.39 is 0 Å². The highest BCUT2D eigenvalue weighted by Gasteiger charge is 2.26. The zero-order chi connectivity index (χ0) is 22.8. The lowest BCUT2D eigenvalue weighted by atomic mass is 10.0. The van der Waals surface area contributed by atoms with Crippen LogP contribution >= 0.6 is 11.6 Å². The largest absolute Gasteiger partial charge is 0.365 e. The SMILES string of the molecule is C[C@@H]1CN(c2nnc(Cc3ccccc3)c3ccc(Cl)cc23)CCN1c1ccc(C#N)cc1. The molecule has 1 saturated heterocycles. The first-order valence-corrected chi connectivity index (χ1v) is 11.5. The Balaban J connectivity index is 1.43. The molecule has 1 aromatic heterocycles. The van der Waals surface area contributed by atoms with Gasteiger partial charge < -0.3 is 9.80 Å². The predicted molar refractivity (Wildman–Crippen MR) is 134 cm³/mol. The molecule has 1 aliphatic rings. The van der Waals surface area contributed by atoms with E-state index in [0.29, 0.717) is 10.6 Å². The van der Waals surface area contributed by atoms with Crippen molar-refractivity contribution >= 4 is 33.9 Å². The van der Waals surface area contributed by atoms with Gasteiger partial charge in [0, 0.05) is 53.6 Å². The first-order valence-electron chi connectivity index (χ1n) is 11.1. The number of piperazine rings is 1. The van der Waals surface area contributed by atoms with Crippen molar-refractivity contribution in [3.8, 4) is 6.07 Å². The minimum atomic E-state index is 0.284. The number of fused-ring (bicyclic) bond motifs is 1. The number of hydrogen-bond acceptors (Lipinski definition) is 5. The normalized spacial score (nSPS) is 16.1. The van der Waals surface area contributed by atoms with E-state index in [-0.39, 0.29) is 6.04 Å². The zero-order valence-electron chi connectivity index (χ0n) is 18.4. The van der Waals surface area contributed by atoms with E-state index in [0.717, 1.165) is 54.0 Å². The molecule has 1 fully saturated rings. The zero-order valence-corrected chi connectivity index (χ0v) is 19.2. The minimum absolute atomic E-state index is 0.284. The van der Waals surface area contributed by atoms with Crippen molar-refractivity contribution in [2.75, 3.05) is 29.4 Å². The second-order valence-electron chi connectivity index (χ2n) is 8.47. The number of rotatable bonds is 4. The monoisotopic (exact) mass is 453 g/mol. The van der Waals surface area contributed by atoms with Gasteiger partial charge in [-0.3, -0.25) is 0 Å². The quantitative estimate of drug-likeness (QED) is 0.410. The number of aromatic nitrogens is 2. The van der Waals surface area contributed by atoms with Crippen LogP contribution in [0.15, 0.2) is 72.8 Å². The van der Waals surface area contributed by atoms with E-state index >= 15 is 0 Å². The first kappa shape index (κ1) is 21.2. The van der Waals surface area contributed by atoms with E-state index in [9.17, 15) is 0 Å². The molecule has 0 saturated carbocycles. The lowest BCUT2D eigenvalue weighted by Gasteiger charge is -2.42. The van der Waals surface area contributed by atoms with Gasteiger partial charge in [0.05, 0.1) is 17.3 Å². The Morgan fingerprint density at radius 3 is 2.48 bits per heavy atom. The maximum Gasteiger partial charge on any atom is 0.159 e. The predicted octanol–water partition coefficient (Wildman–Crippen LogP) is 5.46. The summed E-state index contributed by atoms with van der Waals surface area (Å²) in [6, 6.07) is 26.6. The van der Waals surface area contributed by atoms with Gasteiger partial charge in [-0.15, -0.1) is 5.10 Å². The molecule has 5 rings (SSSR count). The second kappa shape index (κ2) is 9.09. The molecule has 0 aliphatic carbocycles. The number of hydrogen-bond donors (Lipinski definition) is 0. The highest BCUT2D eigenvalue weighted by atomic mass is 35.5. The topological polar surface area (TPSA) is 56.1 Å². The number of nitrogens with zero attached hydrogens (tertiary/aromatic N) is 5. The van der Waals surface area contributed by atoms with Crippen LogP contribution in [0.1, 0.15) is 23.7 Å². The standard InChI is InChI=1S/C27H24ClN5/c1-19-18-32(13-14-33(19)23-10-7-21(17-29)8-11-23)27-25-16-22(28)9-12-24(25)26(30-31-27)15-20-5-3-2-4-6-20/h2-12,16,19H,13-15,18H2,1H3/t19-/m1/s1. The maximum atomic E-state index is 9.07. The Bertz CT molecular complexity index is 1310. The molecule has 0 unspecified atom stereocenters. The molecule has 164 valence electrons. The second-order valence-corrected chi connectivity index (χ2v) is 8.91. The molecule has 4 aromatic rings. The lowest BCUT2D eigenvalue weighted by molar-refractivity contribution is 0.547. The molecule has 1 aliphatic heterocycles. The van der Waals surface area contributed by atoms with Crippen molar-refractivity contribution in [1.82, 2.24) is 10.2 Å². The van der Waals surface area contributed by atoms with Crippen LogP contribution in [0, 0.1) is 11.3 Å². The fraction of sp³-hybridized carbons (Fsp3) is 0.222. The molecule has 1 atom stereocenters. The van der Waals surface area contributed by atoms with Crippen LogP contribution in [0.5, 0.6) is 0 Å². The number of benzene rings is 3. The average molecular weight is 454 g/mol. The van der Waals surface area contributed by atoms with Crippen LogP contribution in [0.25, 0.3) is 10.8 Å². The van der Waals surface area contributed by atoms with Crippen molar-refractivity contribution in [2.24, 2.45) is 0 Å². The Morgan fingerprint density at radius 1 is 0.970 bits per heavy atom. The van der Waals surface area contributed by atoms with Gasteiger partial charge in [-0.25, -0.2) is 0 Å². The van der Waals surface area contributed by atoms with E-state index in [2.05, 4.69) is 51.2 Å². The third-order valence-electron chi connectivity index (χ3n) is 6.27. The van der Waals surface area contributed by atoms with Crippen LogP contribution in [0.3, 0.4) is 0 Å². The Morgan fingerprint density at radius 2 is 1.76 bits per heavy atom. The number of nitriles is 1. The van der Waals surface area contributed by atoms with Crippen molar-refractivity contribution in [1.29, 1.82) is 5.26 Å². The van der Waals surface area contributed by atoms with E-state index in [1.807, 2.05) is 54.6 Å². The van der Waals surface area contributed by atoms with Crippen LogP contribution < -0.4 is 9.80 Å². The van der Waals surface area contributed by atoms with Crippen molar-refractivity contribution < 1.29 is 0 Å². The molecule has 33 heavy (non-hydrogen) atoms. The van der Waals surface area contributed by atoms with Crippen molar-refractivity contribution in [3.05, 3.63) is 94.6 Å². The first-order chi connectivity index (χ1) is 16.1. The van der Waals surface area contributed by atoms with Crippen molar-refractivity contribution in [3.63, 3.8) is 0 Å². The molecule has 3 aromatic carbocycles. The van der Waals surface area contributed by atoms with Gasteiger partial charge in [-0.1, -0.05) is 48.0 Å². The fourth-order valence-electron chi connectivity index (χ4n) is 4.58. The van der Waals surface area contributed by atoms with Crippen LogP contribution in [0.2, 0.25) is 5.02 Å². The van der Waals surface area contributed by atoms with Gasteiger partial charge in [-0.2, -0.15) is 10.4 Å². The van der Waals surface area contributed by atoms with E-state index in [1.165, 1.54) is 5.56 Å². The summed E-state index contributed by atoms with van der Waals surface area (Å²) in [5.41, 5.74) is 3.99. The maximum absolute atomic E-state index is 9.07. The molecule has 6 heteroatoms. The minimum Gasteiger partial charge on any atom is -0.365 e. The smallest absolute Gasteiger partial charge is 0.159 e. The Labute approximate surface area is 198 Å². The molecule has 0 radical (unpaired) electrons. The number of halogens is 1. The molecule has 5 nitrogen and oxygen atoms in total. The van der Waals surface area contributed by atoms with Gasteiger partial charge in [0.2, 0.25) is 0 Å². The summed E-state index contributed by atoms with van der Waals surface area (Å²) in [6.07, 6.45) is 0.731. The van der Waals surface area contributed by atoms with E-state index in [4.69, 9.17) is 16.9 Å². The van der Waals surface area contributed by atoms with Gasteiger partial charge >= 0.3 is 0 Å². The summed E-state index contributed by atoms with van der Waals surface area (Å²) >= 11 is 6.40. The van der Waals surface area contributed by atoms with Gasteiger partial charge in [0.15, 0.2) is 5.82 Å². The third kappa shape index (κ3) is 4.35. The van der Waals surface area contributed by atoms with Gasteiger partial charge in [0.25, 0.3) is 0 Å². The summed E-state index contributed by atoms with van der Waals surface area (Å²) < 4.78 is 0. The average Bonchev–Trinajstić information content (AvgIpc) is 2.85. The molecule has 0 amide bonds. The molecule has 0 spiro atoms. The molecule has 0 bridgehead atoms. The summed E-state index contributed by atoms with van der Waals surface area (Å²) in [5, 5.41) is 21.2. The highest BCUT2D eigenvalue weighted by molar-refractivity contribution is 6.31. The number of anilines is 2. The summed E-state index contributed by atoms with van der Waals surface area (Å²) in [7, 11) is 0.